The summed E-state index contributed by atoms with van der Waals surface area (Å²) in [6.45, 7) is 3.40. The Morgan fingerprint density at radius 1 is 1.21 bits per heavy atom. The number of benzene rings is 2. The van der Waals surface area contributed by atoms with E-state index in [0.717, 1.165) is 41.9 Å². The highest BCUT2D eigenvalue weighted by atomic mass is 16.5. The van der Waals surface area contributed by atoms with Crippen molar-refractivity contribution in [3.8, 4) is 5.69 Å². The molecular weight excluding hydrogens is 418 g/mol. The summed E-state index contributed by atoms with van der Waals surface area (Å²) in [6, 6.07) is 18.1. The van der Waals surface area contributed by atoms with Gasteiger partial charge in [0, 0.05) is 24.2 Å². The van der Waals surface area contributed by atoms with Gasteiger partial charge < -0.3 is 5.21 Å². The van der Waals surface area contributed by atoms with Gasteiger partial charge in [-0.25, -0.2) is 10.2 Å². The van der Waals surface area contributed by atoms with Crippen LogP contribution in [0, 0.1) is 6.92 Å². The van der Waals surface area contributed by atoms with E-state index in [9.17, 15) is 10.0 Å². The number of carbonyl (C=O) groups excluding carboxylic acids is 1. The van der Waals surface area contributed by atoms with Gasteiger partial charge in [0.2, 0.25) is 0 Å². The maximum Gasteiger partial charge on any atom is 0.267 e. The first-order chi connectivity index (χ1) is 16.1. The van der Waals surface area contributed by atoms with Crippen molar-refractivity contribution in [1.82, 2.24) is 20.2 Å². The van der Waals surface area contributed by atoms with Gasteiger partial charge in [-0.2, -0.15) is 5.10 Å². The van der Waals surface area contributed by atoms with Crippen molar-refractivity contribution in [3.63, 3.8) is 0 Å². The molecular formula is C25H27N5O3. The summed E-state index contributed by atoms with van der Waals surface area (Å²) in [7, 11) is 0. The number of amides is 1. The third-order valence-corrected chi connectivity index (χ3v) is 6.02. The third-order valence-electron chi connectivity index (χ3n) is 6.02. The molecule has 0 spiro atoms. The molecule has 0 aliphatic carbocycles. The van der Waals surface area contributed by atoms with Crippen LogP contribution in [-0.2, 0) is 4.79 Å². The van der Waals surface area contributed by atoms with Gasteiger partial charge >= 0.3 is 0 Å². The molecule has 0 unspecified atom stereocenters. The summed E-state index contributed by atoms with van der Waals surface area (Å²) < 4.78 is 1.85. The van der Waals surface area contributed by atoms with Crippen LogP contribution in [0.3, 0.4) is 0 Å². The molecule has 1 atom stereocenters. The van der Waals surface area contributed by atoms with Crippen molar-refractivity contribution in [2.24, 2.45) is 5.16 Å². The average Bonchev–Trinajstić information content (AvgIpc) is 3.48. The van der Waals surface area contributed by atoms with Crippen LogP contribution in [0.1, 0.15) is 41.3 Å². The number of nitrogens with one attached hydrogen (secondary N) is 1. The lowest BCUT2D eigenvalue weighted by atomic mass is 10.0. The predicted octanol–water partition coefficient (Wildman–Crippen LogP) is 3.71. The summed E-state index contributed by atoms with van der Waals surface area (Å²) in [5.74, 6) is -0.567. The SMILES string of the molecule is Cc1c(/C(CN2CCC[C@H]2c2ccc(/C=C/C(=O)NO)cc2)=N/O)cnn1-c1ccccc1. The van der Waals surface area contributed by atoms with Gasteiger partial charge in [-0.1, -0.05) is 47.6 Å². The van der Waals surface area contributed by atoms with Gasteiger partial charge in [0.05, 0.1) is 17.6 Å². The van der Waals surface area contributed by atoms with Crippen molar-refractivity contribution >= 4 is 17.7 Å². The maximum atomic E-state index is 11.2. The molecule has 170 valence electrons. The van der Waals surface area contributed by atoms with Crippen LogP contribution < -0.4 is 5.48 Å². The van der Waals surface area contributed by atoms with E-state index < -0.39 is 5.91 Å². The summed E-state index contributed by atoms with van der Waals surface area (Å²) in [6.07, 6.45) is 6.75. The second-order valence-electron chi connectivity index (χ2n) is 8.04. The second-order valence-corrected chi connectivity index (χ2v) is 8.04. The molecule has 0 bridgehead atoms. The molecule has 1 saturated heterocycles. The van der Waals surface area contributed by atoms with E-state index in [1.54, 1.807) is 17.8 Å². The van der Waals surface area contributed by atoms with E-state index in [4.69, 9.17) is 5.21 Å². The van der Waals surface area contributed by atoms with Crippen LogP contribution in [0.5, 0.6) is 0 Å². The fourth-order valence-electron chi connectivity index (χ4n) is 4.32. The van der Waals surface area contributed by atoms with Crippen molar-refractivity contribution in [3.05, 3.63) is 89.3 Å². The topological polar surface area (TPSA) is 103 Å². The first kappa shape index (κ1) is 22.4. The molecule has 1 aliphatic heterocycles. The number of likely N-dealkylation sites (tertiary alicyclic amines) is 1. The Balaban J connectivity index is 1.50. The normalized spacial score (nSPS) is 17.0. The average molecular weight is 446 g/mol. The Morgan fingerprint density at radius 2 is 1.97 bits per heavy atom. The minimum atomic E-state index is -0.567. The van der Waals surface area contributed by atoms with Crippen molar-refractivity contribution in [1.29, 1.82) is 0 Å². The molecule has 3 N–H and O–H groups in total. The number of oxime groups is 1. The minimum Gasteiger partial charge on any atom is -0.411 e. The number of para-hydroxylation sites is 1. The lowest BCUT2D eigenvalue weighted by molar-refractivity contribution is -0.124. The van der Waals surface area contributed by atoms with Crippen LogP contribution in [0.15, 0.2) is 72.0 Å². The zero-order valence-electron chi connectivity index (χ0n) is 18.4. The van der Waals surface area contributed by atoms with Crippen molar-refractivity contribution in [2.75, 3.05) is 13.1 Å². The number of hydroxylamine groups is 1. The van der Waals surface area contributed by atoms with E-state index in [1.165, 1.54) is 11.6 Å². The molecule has 3 aromatic rings. The largest absolute Gasteiger partial charge is 0.411 e. The first-order valence-corrected chi connectivity index (χ1v) is 10.9. The number of rotatable bonds is 7. The molecule has 0 saturated carbocycles. The van der Waals surface area contributed by atoms with Crippen LogP contribution in [-0.4, -0.2) is 49.8 Å². The molecule has 1 aliphatic rings. The zero-order valence-corrected chi connectivity index (χ0v) is 18.4. The smallest absolute Gasteiger partial charge is 0.267 e. The van der Waals surface area contributed by atoms with Gasteiger partial charge in [0.15, 0.2) is 0 Å². The molecule has 8 nitrogen and oxygen atoms in total. The first-order valence-electron chi connectivity index (χ1n) is 10.9. The minimum absolute atomic E-state index is 0.213. The van der Waals surface area contributed by atoms with Gasteiger partial charge in [0.25, 0.3) is 5.91 Å². The van der Waals surface area contributed by atoms with Crippen LogP contribution in [0.4, 0.5) is 0 Å². The molecule has 1 fully saturated rings. The molecule has 0 radical (unpaired) electrons. The second kappa shape index (κ2) is 10.2. The summed E-state index contributed by atoms with van der Waals surface area (Å²) in [5, 5.41) is 26.6. The quantitative estimate of drug-likeness (QED) is 0.169. The lowest BCUT2D eigenvalue weighted by Crippen LogP contribution is -2.30. The van der Waals surface area contributed by atoms with Gasteiger partial charge in [-0.3, -0.25) is 14.9 Å². The number of nitrogens with zero attached hydrogens (tertiary/aromatic N) is 4. The van der Waals surface area contributed by atoms with E-state index in [1.807, 2.05) is 66.2 Å². The Morgan fingerprint density at radius 3 is 2.67 bits per heavy atom. The Labute approximate surface area is 192 Å². The lowest BCUT2D eigenvalue weighted by Gasteiger charge is -2.25. The number of hydrogen-bond donors (Lipinski definition) is 3. The number of aromatic nitrogens is 2. The highest BCUT2D eigenvalue weighted by Crippen LogP contribution is 2.32. The summed E-state index contributed by atoms with van der Waals surface area (Å²) in [5.41, 5.74) is 6.93. The highest BCUT2D eigenvalue weighted by Gasteiger charge is 2.28. The van der Waals surface area contributed by atoms with Gasteiger partial charge in [-0.15, -0.1) is 0 Å². The van der Waals surface area contributed by atoms with Gasteiger partial charge in [-0.05, 0) is 55.6 Å². The fourth-order valence-corrected chi connectivity index (χ4v) is 4.32. The van der Waals surface area contributed by atoms with Crippen LogP contribution in [0.25, 0.3) is 11.8 Å². The fraction of sp³-hybridized carbons (Fsp3) is 0.240. The molecule has 4 rings (SSSR count). The zero-order chi connectivity index (χ0) is 23.2. The molecule has 1 amide bonds. The monoisotopic (exact) mass is 445 g/mol. The summed E-state index contributed by atoms with van der Waals surface area (Å²) in [4.78, 5) is 13.5. The third kappa shape index (κ3) is 5.02. The molecule has 33 heavy (non-hydrogen) atoms. The summed E-state index contributed by atoms with van der Waals surface area (Å²) >= 11 is 0. The Bertz CT molecular complexity index is 1150. The van der Waals surface area contributed by atoms with Crippen molar-refractivity contribution in [2.45, 2.75) is 25.8 Å². The van der Waals surface area contributed by atoms with E-state index in [-0.39, 0.29) is 6.04 Å². The molecule has 2 heterocycles. The van der Waals surface area contributed by atoms with Crippen molar-refractivity contribution < 1.29 is 15.2 Å². The van der Waals surface area contributed by atoms with E-state index >= 15 is 0 Å². The maximum absolute atomic E-state index is 11.2. The predicted molar refractivity (Wildman–Crippen MR) is 126 cm³/mol. The molecule has 2 aromatic carbocycles. The van der Waals surface area contributed by atoms with Gasteiger partial charge in [0.1, 0.15) is 5.71 Å². The highest BCUT2D eigenvalue weighted by molar-refractivity contribution is 6.02. The van der Waals surface area contributed by atoms with Crippen LogP contribution in [0.2, 0.25) is 0 Å². The molecule has 8 heteroatoms. The Hall–Kier alpha value is -3.75. The number of hydrogen-bond acceptors (Lipinski definition) is 6. The standard InChI is InChI=1S/C25H27N5O3/c1-18-22(16-26-30(18)21-6-3-2-4-7-21)23(27-32)17-29-15-5-8-24(29)20-12-9-19(10-13-20)11-14-25(31)28-33/h2-4,6-7,9-14,16,24,32-33H,5,8,15,17H2,1H3,(H,28,31)/b14-11+,27-23+/t24-/m0/s1. The number of carbonyl (C=O) groups is 1. The van der Waals surface area contributed by atoms with E-state index in [0.29, 0.717) is 12.3 Å². The Kier molecular flexibility index (Phi) is 6.97. The van der Waals surface area contributed by atoms with Crippen LogP contribution >= 0.6 is 0 Å². The van der Waals surface area contributed by atoms with E-state index in [2.05, 4.69) is 15.2 Å². The molecule has 1 aromatic heterocycles.